The minimum atomic E-state index is -1.10. The van der Waals surface area contributed by atoms with Crippen molar-refractivity contribution in [2.24, 2.45) is 0 Å². The maximum absolute atomic E-state index is 12.1. The number of aromatic carboxylic acids is 1. The SMILES string of the molecule is Cc1cc(NC(=O)Cn2cc(C(=O)O)cn2)nn1Cc1ccc(Cl)cc1Cl. The van der Waals surface area contributed by atoms with Gasteiger partial charge in [0.25, 0.3) is 0 Å². The molecule has 0 spiro atoms. The third-order valence-corrected chi connectivity index (χ3v) is 4.36. The molecule has 1 amide bonds. The Bertz CT molecular complexity index is 1010. The lowest BCUT2D eigenvalue weighted by Crippen LogP contribution is -2.19. The molecule has 140 valence electrons. The van der Waals surface area contributed by atoms with Gasteiger partial charge in [-0.3, -0.25) is 14.2 Å². The molecule has 0 unspecified atom stereocenters. The predicted octanol–water partition coefficient (Wildman–Crippen LogP) is 3.08. The maximum Gasteiger partial charge on any atom is 0.338 e. The molecule has 0 fully saturated rings. The molecule has 2 aromatic heterocycles. The van der Waals surface area contributed by atoms with E-state index in [1.807, 2.05) is 13.0 Å². The summed E-state index contributed by atoms with van der Waals surface area (Å²) in [5, 5.41) is 20.8. The van der Waals surface area contributed by atoms with Gasteiger partial charge in [0.15, 0.2) is 5.82 Å². The second kappa shape index (κ2) is 7.81. The van der Waals surface area contributed by atoms with Gasteiger partial charge in [-0.1, -0.05) is 29.3 Å². The standard InChI is InChI=1S/C17H15Cl2N5O3/c1-10-4-15(21-16(25)9-23-7-12(6-20-23)17(26)27)22-24(10)8-11-2-3-13(18)5-14(11)19/h2-7H,8-9H2,1H3,(H,26,27)(H,21,22,25). The highest BCUT2D eigenvalue weighted by molar-refractivity contribution is 6.35. The fourth-order valence-electron chi connectivity index (χ4n) is 2.43. The summed E-state index contributed by atoms with van der Waals surface area (Å²) >= 11 is 12.1. The van der Waals surface area contributed by atoms with Gasteiger partial charge in [-0.25, -0.2) is 4.79 Å². The van der Waals surface area contributed by atoms with E-state index in [0.717, 1.165) is 11.3 Å². The largest absolute Gasteiger partial charge is 0.478 e. The first-order chi connectivity index (χ1) is 12.8. The van der Waals surface area contributed by atoms with Crippen LogP contribution < -0.4 is 5.32 Å². The molecule has 0 radical (unpaired) electrons. The predicted molar refractivity (Wildman–Crippen MR) is 100 cm³/mol. The van der Waals surface area contributed by atoms with Gasteiger partial charge in [0.05, 0.1) is 18.3 Å². The Morgan fingerprint density at radius 2 is 2.04 bits per heavy atom. The van der Waals surface area contributed by atoms with Crippen LogP contribution in [0.5, 0.6) is 0 Å². The number of carboxylic acids is 1. The van der Waals surface area contributed by atoms with Crippen molar-refractivity contribution < 1.29 is 14.7 Å². The van der Waals surface area contributed by atoms with Crippen LogP contribution >= 0.6 is 23.2 Å². The van der Waals surface area contributed by atoms with Crippen LogP contribution in [0.4, 0.5) is 5.82 Å². The Morgan fingerprint density at radius 1 is 1.26 bits per heavy atom. The van der Waals surface area contributed by atoms with Crippen molar-refractivity contribution in [1.82, 2.24) is 19.6 Å². The zero-order valence-corrected chi connectivity index (χ0v) is 15.7. The average molecular weight is 408 g/mol. The van der Waals surface area contributed by atoms with E-state index in [2.05, 4.69) is 15.5 Å². The molecule has 0 atom stereocenters. The second-order valence-corrected chi connectivity index (χ2v) is 6.69. The molecule has 8 nitrogen and oxygen atoms in total. The molecule has 0 aliphatic carbocycles. The second-order valence-electron chi connectivity index (χ2n) is 5.84. The van der Waals surface area contributed by atoms with Crippen molar-refractivity contribution in [3.63, 3.8) is 0 Å². The molecule has 3 aromatic rings. The lowest BCUT2D eigenvalue weighted by molar-refractivity contribution is -0.116. The van der Waals surface area contributed by atoms with Crippen LogP contribution in [0.3, 0.4) is 0 Å². The van der Waals surface area contributed by atoms with Crippen LogP contribution in [-0.4, -0.2) is 36.5 Å². The highest BCUT2D eigenvalue weighted by Gasteiger charge is 2.12. The van der Waals surface area contributed by atoms with Gasteiger partial charge >= 0.3 is 5.97 Å². The summed E-state index contributed by atoms with van der Waals surface area (Å²) in [6, 6.07) is 6.96. The number of anilines is 1. The van der Waals surface area contributed by atoms with Crippen LogP contribution in [-0.2, 0) is 17.9 Å². The van der Waals surface area contributed by atoms with Gasteiger partial charge in [-0.2, -0.15) is 10.2 Å². The third kappa shape index (κ3) is 4.66. The minimum Gasteiger partial charge on any atom is -0.478 e. The Balaban J connectivity index is 1.66. The quantitative estimate of drug-likeness (QED) is 0.653. The molecule has 0 bridgehead atoms. The van der Waals surface area contributed by atoms with E-state index in [1.165, 1.54) is 17.1 Å². The molecule has 0 aliphatic rings. The van der Waals surface area contributed by atoms with E-state index >= 15 is 0 Å². The van der Waals surface area contributed by atoms with Crippen LogP contribution in [0.15, 0.2) is 36.7 Å². The summed E-state index contributed by atoms with van der Waals surface area (Å²) in [6.07, 6.45) is 2.47. The molecule has 2 N–H and O–H groups in total. The number of halogens is 2. The van der Waals surface area contributed by atoms with E-state index in [0.29, 0.717) is 22.4 Å². The molecule has 0 saturated carbocycles. The van der Waals surface area contributed by atoms with Crippen molar-refractivity contribution in [3.8, 4) is 0 Å². The fraction of sp³-hybridized carbons (Fsp3) is 0.176. The van der Waals surface area contributed by atoms with Crippen molar-refractivity contribution in [1.29, 1.82) is 0 Å². The molecule has 10 heteroatoms. The number of rotatable bonds is 6. The summed E-state index contributed by atoms with van der Waals surface area (Å²) < 4.78 is 2.96. The van der Waals surface area contributed by atoms with Gasteiger partial charge in [-0.05, 0) is 24.6 Å². The van der Waals surface area contributed by atoms with Gasteiger partial charge in [-0.15, -0.1) is 0 Å². The van der Waals surface area contributed by atoms with E-state index < -0.39 is 5.97 Å². The first kappa shape index (κ1) is 18.9. The summed E-state index contributed by atoms with van der Waals surface area (Å²) in [4.78, 5) is 23.0. The molecular formula is C17H15Cl2N5O3. The van der Waals surface area contributed by atoms with Crippen molar-refractivity contribution in [2.75, 3.05) is 5.32 Å². The van der Waals surface area contributed by atoms with E-state index in [1.54, 1.807) is 22.9 Å². The van der Waals surface area contributed by atoms with Crippen molar-refractivity contribution in [2.45, 2.75) is 20.0 Å². The summed E-state index contributed by atoms with van der Waals surface area (Å²) in [5.41, 5.74) is 1.70. The topological polar surface area (TPSA) is 102 Å². The Morgan fingerprint density at radius 3 is 2.70 bits per heavy atom. The van der Waals surface area contributed by atoms with E-state index in [-0.39, 0.29) is 18.0 Å². The number of aromatic nitrogens is 4. The lowest BCUT2D eigenvalue weighted by Gasteiger charge is -2.07. The molecule has 2 heterocycles. The van der Waals surface area contributed by atoms with Gasteiger partial charge in [0, 0.05) is 28.0 Å². The number of hydrogen-bond donors (Lipinski definition) is 2. The molecule has 0 aliphatic heterocycles. The molecule has 27 heavy (non-hydrogen) atoms. The first-order valence-corrected chi connectivity index (χ1v) is 8.61. The molecule has 1 aromatic carbocycles. The Labute approximate surface area is 164 Å². The smallest absolute Gasteiger partial charge is 0.338 e. The summed E-state index contributed by atoms with van der Waals surface area (Å²) in [5.74, 6) is -1.09. The average Bonchev–Trinajstić information content (AvgIpc) is 3.17. The van der Waals surface area contributed by atoms with E-state index in [4.69, 9.17) is 28.3 Å². The van der Waals surface area contributed by atoms with Crippen LogP contribution in [0.25, 0.3) is 0 Å². The highest BCUT2D eigenvalue weighted by Crippen LogP contribution is 2.22. The number of amides is 1. The fourth-order valence-corrected chi connectivity index (χ4v) is 2.90. The Kier molecular flexibility index (Phi) is 5.48. The number of hydrogen-bond acceptors (Lipinski definition) is 4. The van der Waals surface area contributed by atoms with Gasteiger partial charge in [0.1, 0.15) is 6.54 Å². The number of aryl methyl sites for hydroxylation is 1. The zero-order chi connectivity index (χ0) is 19.6. The molecule has 0 saturated heterocycles. The van der Waals surface area contributed by atoms with Crippen molar-refractivity contribution in [3.05, 3.63) is 63.5 Å². The zero-order valence-electron chi connectivity index (χ0n) is 14.2. The molecule has 3 rings (SSSR count). The maximum atomic E-state index is 12.1. The Hall–Kier alpha value is -2.84. The minimum absolute atomic E-state index is 0.0164. The van der Waals surface area contributed by atoms with Crippen molar-refractivity contribution >= 4 is 40.9 Å². The highest BCUT2D eigenvalue weighted by atomic mass is 35.5. The molecular weight excluding hydrogens is 393 g/mol. The normalized spacial score (nSPS) is 10.8. The monoisotopic (exact) mass is 407 g/mol. The number of carbonyl (C=O) groups is 2. The lowest BCUT2D eigenvalue weighted by atomic mass is 10.2. The summed E-state index contributed by atoms with van der Waals surface area (Å²) in [6.45, 7) is 2.17. The number of carbonyl (C=O) groups excluding carboxylic acids is 1. The van der Waals surface area contributed by atoms with Gasteiger partial charge in [0.2, 0.25) is 5.91 Å². The number of benzene rings is 1. The van der Waals surface area contributed by atoms with Gasteiger partial charge < -0.3 is 10.4 Å². The van der Waals surface area contributed by atoms with Crippen LogP contribution in [0, 0.1) is 6.92 Å². The van der Waals surface area contributed by atoms with Crippen LogP contribution in [0.2, 0.25) is 10.0 Å². The first-order valence-electron chi connectivity index (χ1n) is 7.86. The number of carboxylic acid groups (broad SMARTS) is 1. The number of nitrogens with zero attached hydrogens (tertiary/aromatic N) is 4. The third-order valence-electron chi connectivity index (χ3n) is 3.77. The number of nitrogens with one attached hydrogen (secondary N) is 1. The van der Waals surface area contributed by atoms with Crippen LogP contribution in [0.1, 0.15) is 21.6 Å². The summed E-state index contributed by atoms with van der Waals surface area (Å²) in [7, 11) is 0. The van der Waals surface area contributed by atoms with E-state index in [9.17, 15) is 9.59 Å².